The fourth-order valence-electron chi connectivity index (χ4n) is 2.81. The Hall–Kier alpha value is -1.09. The van der Waals surface area contributed by atoms with Gasteiger partial charge in [0.05, 0.1) is 16.9 Å². The van der Waals surface area contributed by atoms with Gasteiger partial charge in [0.15, 0.2) is 0 Å². The maximum atomic E-state index is 13.4. The second-order valence-electron chi connectivity index (χ2n) is 5.02. The van der Waals surface area contributed by atoms with Gasteiger partial charge in [0.2, 0.25) is 0 Å². The molecule has 1 aliphatic carbocycles. The highest BCUT2D eigenvalue weighted by Crippen LogP contribution is 2.48. The second-order valence-corrected chi connectivity index (χ2v) is 5.28. The summed E-state index contributed by atoms with van der Waals surface area (Å²) in [6, 6.07) is 5.22. The van der Waals surface area contributed by atoms with E-state index in [1.54, 1.807) is 12.1 Å². The molecule has 0 radical (unpaired) electrons. The highest BCUT2D eigenvalue weighted by atomic mass is 35.5. The number of benzene rings is 1. The Kier molecular flexibility index (Phi) is 3.02. The smallest absolute Gasteiger partial charge is 0.125 e. The molecule has 2 nitrogen and oxygen atoms in total. The van der Waals surface area contributed by atoms with Crippen molar-refractivity contribution in [2.24, 2.45) is 5.92 Å². The van der Waals surface area contributed by atoms with Gasteiger partial charge in [0.25, 0.3) is 0 Å². The van der Waals surface area contributed by atoms with Gasteiger partial charge in [-0.25, -0.2) is 9.37 Å². The summed E-state index contributed by atoms with van der Waals surface area (Å²) in [5.74, 6) is 1.74. The molecule has 1 saturated carbocycles. The third-order valence-electron chi connectivity index (χ3n) is 3.72. The minimum atomic E-state index is -0.211. The van der Waals surface area contributed by atoms with Crippen LogP contribution >= 0.6 is 11.6 Å². The van der Waals surface area contributed by atoms with Crippen molar-refractivity contribution in [2.45, 2.75) is 38.1 Å². The minimum Gasteiger partial charge on any atom is -0.323 e. The first-order valence-electron chi connectivity index (χ1n) is 6.47. The SMILES string of the molecule is CCCC1CC1n1c(CCl)nc2ccc(F)cc21. The van der Waals surface area contributed by atoms with Crippen molar-refractivity contribution < 1.29 is 4.39 Å². The van der Waals surface area contributed by atoms with Crippen LogP contribution in [0.1, 0.15) is 38.1 Å². The Bertz CT molecular complexity index is 578. The van der Waals surface area contributed by atoms with Gasteiger partial charge >= 0.3 is 0 Å². The molecule has 1 heterocycles. The summed E-state index contributed by atoms with van der Waals surface area (Å²) >= 11 is 5.96. The molecule has 1 aromatic heterocycles. The zero-order valence-electron chi connectivity index (χ0n) is 10.4. The summed E-state index contributed by atoms with van der Waals surface area (Å²) in [5, 5.41) is 0. The van der Waals surface area contributed by atoms with E-state index in [4.69, 9.17) is 11.6 Å². The summed E-state index contributed by atoms with van der Waals surface area (Å²) in [6.07, 6.45) is 3.58. The van der Waals surface area contributed by atoms with E-state index in [2.05, 4.69) is 16.5 Å². The predicted molar refractivity (Wildman–Crippen MR) is 71.3 cm³/mol. The van der Waals surface area contributed by atoms with E-state index >= 15 is 0 Å². The Morgan fingerprint density at radius 2 is 2.33 bits per heavy atom. The first-order chi connectivity index (χ1) is 8.74. The van der Waals surface area contributed by atoms with E-state index in [1.165, 1.54) is 25.3 Å². The molecule has 96 valence electrons. The van der Waals surface area contributed by atoms with Crippen LogP contribution in [0.5, 0.6) is 0 Å². The molecule has 0 bridgehead atoms. The Morgan fingerprint density at radius 1 is 1.50 bits per heavy atom. The van der Waals surface area contributed by atoms with Crippen LogP contribution in [-0.2, 0) is 5.88 Å². The standard InChI is InChI=1S/C14H16ClFN2/c1-2-3-9-6-12(9)18-13-7-10(16)4-5-11(13)17-14(18)8-15/h4-5,7,9,12H,2-3,6,8H2,1H3. The monoisotopic (exact) mass is 266 g/mol. The minimum absolute atomic E-state index is 0.211. The zero-order valence-corrected chi connectivity index (χ0v) is 11.1. The summed E-state index contributed by atoms with van der Waals surface area (Å²) in [4.78, 5) is 4.49. The first kappa shape index (κ1) is 12.0. The fraction of sp³-hybridized carbons (Fsp3) is 0.500. The van der Waals surface area contributed by atoms with Gasteiger partial charge in [0, 0.05) is 6.04 Å². The maximum Gasteiger partial charge on any atom is 0.125 e. The highest BCUT2D eigenvalue weighted by molar-refractivity contribution is 6.16. The number of hydrogen-bond acceptors (Lipinski definition) is 1. The number of hydrogen-bond donors (Lipinski definition) is 0. The number of imidazole rings is 1. The largest absolute Gasteiger partial charge is 0.323 e. The number of rotatable bonds is 4. The molecule has 0 saturated heterocycles. The van der Waals surface area contributed by atoms with Crippen LogP contribution in [0.3, 0.4) is 0 Å². The van der Waals surface area contributed by atoms with Crippen molar-refractivity contribution in [3.05, 3.63) is 29.8 Å². The summed E-state index contributed by atoms with van der Waals surface area (Å²) in [5.41, 5.74) is 1.73. The van der Waals surface area contributed by atoms with Crippen LogP contribution in [0, 0.1) is 11.7 Å². The van der Waals surface area contributed by atoms with Gasteiger partial charge < -0.3 is 4.57 Å². The Morgan fingerprint density at radius 3 is 3.06 bits per heavy atom. The van der Waals surface area contributed by atoms with E-state index < -0.39 is 0 Å². The third kappa shape index (κ3) is 1.91. The molecule has 1 aromatic carbocycles. The zero-order chi connectivity index (χ0) is 12.7. The molecule has 0 spiro atoms. The molecule has 3 rings (SSSR count). The third-order valence-corrected chi connectivity index (χ3v) is 3.96. The molecule has 2 atom stereocenters. The Labute approximate surface area is 111 Å². The number of halogens is 2. The molecule has 2 aromatic rings. The lowest BCUT2D eigenvalue weighted by Crippen LogP contribution is -2.01. The van der Waals surface area contributed by atoms with Crippen LogP contribution in [-0.4, -0.2) is 9.55 Å². The van der Waals surface area contributed by atoms with Gasteiger partial charge in [-0.2, -0.15) is 0 Å². The second kappa shape index (κ2) is 4.54. The van der Waals surface area contributed by atoms with Crippen LogP contribution in [0.4, 0.5) is 4.39 Å². The Balaban J connectivity index is 2.06. The quantitative estimate of drug-likeness (QED) is 0.756. The molecule has 0 aliphatic heterocycles. The van der Waals surface area contributed by atoms with E-state index in [0.29, 0.717) is 17.8 Å². The topological polar surface area (TPSA) is 17.8 Å². The van der Waals surface area contributed by atoms with Crippen LogP contribution in [0.15, 0.2) is 18.2 Å². The van der Waals surface area contributed by atoms with Gasteiger partial charge in [-0.1, -0.05) is 13.3 Å². The molecule has 1 aliphatic rings. The molecular formula is C14H16ClFN2. The summed E-state index contributed by atoms with van der Waals surface area (Å²) in [7, 11) is 0. The maximum absolute atomic E-state index is 13.4. The lowest BCUT2D eigenvalue weighted by molar-refractivity contribution is 0.602. The van der Waals surface area contributed by atoms with E-state index in [1.807, 2.05) is 0 Å². The van der Waals surface area contributed by atoms with Crippen molar-refractivity contribution in [1.29, 1.82) is 0 Å². The van der Waals surface area contributed by atoms with Crippen molar-refractivity contribution in [1.82, 2.24) is 9.55 Å². The van der Waals surface area contributed by atoms with Crippen molar-refractivity contribution in [2.75, 3.05) is 0 Å². The number of alkyl halides is 1. The molecule has 0 N–H and O–H groups in total. The fourth-order valence-corrected chi connectivity index (χ4v) is 3.00. The normalized spacial score (nSPS) is 22.6. The van der Waals surface area contributed by atoms with Crippen molar-refractivity contribution in [3.63, 3.8) is 0 Å². The van der Waals surface area contributed by atoms with Crippen molar-refractivity contribution in [3.8, 4) is 0 Å². The highest BCUT2D eigenvalue weighted by Gasteiger charge is 2.39. The molecule has 18 heavy (non-hydrogen) atoms. The number of fused-ring (bicyclic) bond motifs is 1. The summed E-state index contributed by atoms with van der Waals surface area (Å²) in [6.45, 7) is 2.20. The van der Waals surface area contributed by atoms with Gasteiger partial charge in [-0.15, -0.1) is 11.6 Å². The lowest BCUT2D eigenvalue weighted by atomic mass is 10.2. The number of nitrogens with zero attached hydrogens (tertiary/aromatic N) is 2. The van der Waals surface area contributed by atoms with Gasteiger partial charge in [-0.3, -0.25) is 0 Å². The first-order valence-corrected chi connectivity index (χ1v) is 7.00. The van der Waals surface area contributed by atoms with Gasteiger partial charge in [0.1, 0.15) is 11.6 Å². The number of aromatic nitrogens is 2. The van der Waals surface area contributed by atoms with Crippen LogP contribution in [0.25, 0.3) is 11.0 Å². The van der Waals surface area contributed by atoms with E-state index in [0.717, 1.165) is 16.9 Å². The molecular weight excluding hydrogens is 251 g/mol. The lowest BCUT2D eigenvalue weighted by Gasteiger charge is -2.07. The van der Waals surface area contributed by atoms with Gasteiger partial charge in [-0.05, 0) is 37.0 Å². The van der Waals surface area contributed by atoms with E-state index in [-0.39, 0.29) is 5.82 Å². The predicted octanol–water partition coefficient (Wildman–Crippen LogP) is 4.28. The average molecular weight is 267 g/mol. The van der Waals surface area contributed by atoms with Crippen LogP contribution in [0.2, 0.25) is 0 Å². The van der Waals surface area contributed by atoms with E-state index in [9.17, 15) is 4.39 Å². The average Bonchev–Trinajstić information content (AvgIpc) is 3.01. The molecule has 2 unspecified atom stereocenters. The molecule has 1 fully saturated rings. The van der Waals surface area contributed by atoms with Crippen molar-refractivity contribution >= 4 is 22.6 Å². The molecule has 0 amide bonds. The summed E-state index contributed by atoms with van der Waals surface area (Å²) < 4.78 is 15.5. The molecule has 4 heteroatoms. The van der Waals surface area contributed by atoms with Crippen LogP contribution < -0.4 is 0 Å².